The molecule has 0 aromatic carbocycles. The lowest BCUT2D eigenvalue weighted by Crippen LogP contribution is -2.45. The van der Waals surface area contributed by atoms with Gasteiger partial charge in [0.25, 0.3) is 0 Å². The first-order valence-electron chi connectivity index (χ1n) is 6.79. The first kappa shape index (κ1) is 16.4. The smallest absolute Gasteiger partial charge is 0.308 e. The third-order valence-electron chi connectivity index (χ3n) is 2.69. The Labute approximate surface area is 115 Å². The van der Waals surface area contributed by atoms with Gasteiger partial charge in [-0.05, 0) is 41.0 Å². The molecule has 0 aromatic heterocycles. The van der Waals surface area contributed by atoms with Crippen LogP contribution in [0.25, 0.3) is 0 Å². The molecule has 0 spiro atoms. The maximum Gasteiger partial charge on any atom is 0.308 e. The van der Waals surface area contributed by atoms with Crippen molar-refractivity contribution < 1.29 is 24.1 Å². The molecule has 19 heavy (non-hydrogen) atoms. The van der Waals surface area contributed by atoms with E-state index < -0.39 is 11.4 Å². The SMILES string of the molecule is CC(C)(C)OC(=O)C[C@@H]1C[C@@H](CCO)OC(C)(C)O1. The lowest BCUT2D eigenvalue weighted by Gasteiger charge is -2.40. The summed E-state index contributed by atoms with van der Waals surface area (Å²) in [5.41, 5.74) is -0.484. The third-order valence-corrected chi connectivity index (χ3v) is 2.69. The summed E-state index contributed by atoms with van der Waals surface area (Å²) in [5.74, 6) is -0.997. The molecule has 1 N–H and O–H groups in total. The lowest BCUT2D eigenvalue weighted by atomic mass is 10.0. The second kappa shape index (κ2) is 6.20. The van der Waals surface area contributed by atoms with Crippen LogP contribution in [0, 0.1) is 0 Å². The predicted octanol–water partition coefficient (Wildman–Crippen LogP) is 2.01. The molecule has 1 heterocycles. The fraction of sp³-hybridized carbons (Fsp3) is 0.929. The zero-order chi connectivity index (χ0) is 14.7. The van der Waals surface area contributed by atoms with Crippen molar-refractivity contribution in [2.24, 2.45) is 0 Å². The first-order chi connectivity index (χ1) is 8.61. The Hall–Kier alpha value is -0.650. The van der Waals surface area contributed by atoms with E-state index in [4.69, 9.17) is 19.3 Å². The Bertz CT molecular complexity index is 305. The van der Waals surface area contributed by atoms with Gasteiger partial charge in [0.2, 0.25) is 0 Å². The van der Waals surface area contributed by atoms with E-state index in [1.165, 1.54) is 0 Å². The number of hydrogen-bond acceptors (Lipinski definition) is 5. The Morgan fingerprint density at radius 1 is 1.32 bits per heavy atom. The average Bonchev–Trinajstić information content (AvgIpc) is 2.10. The summed E-state index contributed by atoms with van der Waals surface area (Å²) in [4.78, 5) is 11.8. The van der Waals surface area contributed by atoms with Crippen LogP contribution in [0.15, 0.2) is 0 Å². The molecule has 1 aliphatic rings. The van der Waals surface area contributed by atoms with E-state index in [0.717, 1.165) is 0 Å². The highest BCUT2D eigenvalue weighted by Gasteiger charge is 2.36. The molecule has 112 valence electrons. The quantitative estimate of drug-likeness (QED) is 0.794. The number of aliphatic hydroxyl groups is 1. The number of esters is 1. The number of hydrogen-bond donors (Lipinski definition) is 1. The highest BCUT2D eigenvalue weighted by molar-refractivity contribution is 5.70. The molecule has 0 saturated carbocycles. The van der Waals surface area contributed by atoms with E-state index >= 15 is 0 Å². The Kier molecular flexibility index (Phi) is 5.35. The molecule has 0 amide bonds. The number of carbonyl (C=O) groups excluding carboxylic acids is 1. The molecule has 1 saturated heterocycles. The van der Waals surface area contributed by atoms with Crippen molar-refractivity contribution in [1.82, 2.24) is 0 Å². The number of carbonyl (C=O) groups is 1. The Balaban J connectivity index is 2.54. The Morgan fingerprint density at radius 2 is 1.89 bits per heavy atom. The minimum atomic E-state index is -0.731. The van der Waals surface area contributed by atoms with Gasteiger partial charge in [0.15, 0.2) is 5.79 Å². The molecule has 1 aliphatic heterocycles. The zero-order valence-corrected chi connectivity index (χ0v) is 12.6. The van der Waals surface area contributed by atoms with E-state index in [1.807, 2.05) is 34.6 Å². The van der Waals surface area contributed by atoms with Gasteiger partial charge in [-0.25, -0.2) is 0 Å². The normalized spacial score (nSPS) is 27.1. The highest BCUT2D eigenvalue weighted by atomic mass is 16.7. The highest BCUT2D eigenvalue weighted by Crippen LogP contribution is 2.30. The predicted molar refractivity (Wildman–Crippen MR) is 70.6 cm³/mol. The fourth-order valence-electron chi connectivity index (χ4n) is 2.23. The van der Waals surface area contributed by atoms with Crippen LogP contribution in [0.3, 0.4) is 0 Å². The van der Waals surface area contributed by atoms with E-state index in [1.54, 1.807) is 0 Å². The molecule has 0 aliphatic carbocycles. The van der Waals surface area contributed by atoms with Crippen molar-refractivity contribution in [3.8, 4) is 0 Å². The topological polar surface area (TPSA) is 65.0 Å². The summed E-state index contributed by atoms with van der Waals surface area (Å²) < 4.78 is 16.7. The van der Waals surface area contributed by atoms with Crippen LogP contribution in [0.5, 0.6) is 0 Å². The van der Waals surface area contributed by atoms with Crippen LogP contribution in [-0.2, 0) is 19.0 Å². The van der Waals surface area contributed by atoms with Gasteiger partial charge in [-0.3, -0.25) is 4.79 Å². The van der Waals surface area contributed by atoms with Crippen LogP contribution in [0.1, 0.15) is 53.9 Å². The van der Waals surface area contributed by atoms with Crippen LogP contribution < -0.4 is 0 Å². The van der Waals surface area contributed by atoms with E-state index in [-0.39, 0.29) is 31.2 Å². The van der Waals surface area contributed by atoms with Gasteiger partial charge in [0.05, 0.1) is 18.6 Å². The minimum absolute atomic E-state index is 0.0693. The fourth-order valence-corrected chi connectivity index (χ4v) is 2.23. The molecule has 1 rings (SSSR count). The summed E-state index contributed by atoms with van der Waals surface area (Å²) >= 11 is 0. The molecule has 5 heteroatoms. The maximum absolute atomic E-state index is 11.8. The van der Waals surface area contributed by atoms with Gasteiger partial charge in [0, 0.05) is 13.0 Å². The van der Waals surface area contributed by atoms with Crippen molar-refractivity contribution in [3.05, 3.63) is 0 Å². The lowest BCUT2D eigenvalue weighted by molar-refractivity contribution is -0.301. The Morgan fingerprint density at radius 3 is 2.42 bits per heavy atom. The molecular formula is C14H26O5. The van der Waals surface area contributed by atoms with Gasteiger partial charge in [-0.1, -0.05) is 0 Å². The molecule has 2 atom stereocenters. The van der Waals surface area contributed by atoms with Gasteiger partial charge in [-0.15, -0.1) is 0 Å². The summed E-state index contributed by atoms with van der Waals surface area (Å²) in [6.07, 6.45) is 1.06. The van der Waals surface area contributed by atoms with Crippen molar-refractivity contribution in [2.45, 2.75) is 77.5 Å². The van der Waals surface area contributed by atoms with Crippen LogP contribution in [-0.4, -0.2) is 41.3 Å². The van der Waals surface area contributed by atoms with Gasteiger partial charge < -0.3 is 19.3 Å². The minimum Gasteiger partial charge on any atom is -0.460 e. The molecule has 0 unspecified atom stereocenters. The van der Waals surface area contributed by atoms with E-state index in [2.05, 4.69) is 0 Å². The number of aliphatic hydroxyl groups excluding tert-OH is 1. The van der Waals surface area contributed by atoms with Crippen LogP contribution >= 0.6 is 0 Å². The van der Waals surface area contributed by atoms with Gasteiger partial charge in [0.1, 0.15) is 5.60 Å². The number of ether oxygens (including phenoxy) is 3. The molecule has 1 fully saturated rings. The largest absolute Gasteiger partial charge is 0.460 e. The molecule has 0 radical (unpaired) electrons. The van der Waals surface area contributed by atoms with Crippen molar-refractivity contribution in [2.75, 3.05) is 6.61 Å². The summed E-state index contributed by atoms with van der Waals surface area (Å²) in [6, 6.07) is 0. The van der Waals surface area contributed by atoms with E-state index in [9.17, 15) is 4.79 Å². The second-order valence-corrected chi connectivity index (χ2v) is 6.42. The van der Waals surface area contributed by atoms with Crippen molar-refractivity contribution >= 4 is 5.97 Å². The van der Waals surface area contributed by atoms with Crippen LogP contribution in [0.2, 0.25) is 0 Å². The monoisotopic (exact) mass is 274 g/mol. The molecule has 0 aromatic rings. The van der Waals surface area contributed by atoms with Crippen LogP contribution in [0.4, 0.5) is 0 Å². The summed E-state index contributed by atoms with van der Waals surface area (Å²) in [6.45, 7) is 9.23. The van der Waals surface area contributed by atoms with Gasteiger partial charge >= 0.3 is 5.97 Å². The summed E-state index contributed by atoms with van der Waals surface area (Å²) in [5, 5.41) is 9.00. The first-order valence-corrected chi connectivity index (χ1v) is 6.79. The average molecular weight is 274 g/mol. The second-order valence-electron chi connectivity index (χ2n) is 6.42. The maximum atomic E-state index is 11.8. The molecule has 0 bridgehead atoms. The standard InChI is InChI=1S/C14H26O5/c1-13(2,3)19-12(16)9-11-8-10(6-7-15)17-14(4,5)18-11/h10-11,15H,6-9H2,1-5H3/t10-,11+/m1/s1. The molecular weight excluding hydrogens is 248 g/mol. The van der Waals surface area contributed by atoms with Crippen molar-refractivity contribution in [1.29, 1.82) is 0 Å². The van der Waals surface area contributed by atoms with Crippen molar-refractivity contribution in [3.63, 3.8) is 0 Å². The molecule has 5 nitrogen and oxygen atoms in total. The summed E-state index contributed by atoms with van der Waals surface area (Å²) in [7, 11) is 0. The third kappa shape index (κ3) is 6.36. The number of rotatable bonds is 4. The zero-order valence-electron chi connectivity index (χ0n) is 12.6. The van der Waals surface area contributed by atoms with E-state index in [0.29, 0.717) is 12.8 Å². The van der Waals surface area contributed by atoms with Gasteiger partial charge in [-0.2, -0.15) is 0 Å².